The Balaban J connectivity index is 2.42. The van der Waals surface area contributed by atoms with E-state index in [0.717, 1.165) is 38.3 Å². The lowest BCUT2D eigenvalue weighted by molar-refractivity contribution is 0.303. The summed E-state index contributed by atoms with van der Waals surface area (Å²) >= 11 is 0. The van der Waals surface area contributed by atoms with Crippen molar-refractivity contribution in [1.29, 1.82) is 5.26 Å². The molecule has 4 nitrogen and oxygen atoms in total. The summed E-state index contributed by atoms with van der Waals surface area (Å²) in [6.07, 6.45) is 1.07. The highest BCUT2D eigenvalue weighted by atomic mass is 15.1. The van der Waals surface area contributed by atoms with Crippen LogP contribution in [0, 0.1) is 11.3 Å². The number of anilines is 2. The number of hydrogen-bond donors (Lipinski definition) is 2. The molecule has 0 aliphatic carbocycles. The van der Waals surface area contributed by atoms with E-state index in [2.05, 4.69) is 30.1 Å². The lowest BCUT2D eigenvalue weighted by Crippen LogP contribution is -2.25. The molecule has 0 aromatic heterocycles. The molecule has 0 heterocycles. The van der Waals surface area contributed by atoms with E-state index in [1.54, 1.807) is 6.07 Å². The summed E-state index contributed by atoms with van der Waals surface area (Å²) in [6.45, 7) is 8.46. The van der Waals surface area contributed by atoms with Crippen LogP contribution in [0.4, 0.5) is 11.4 Å². The van der Waals surface area contributed by atoms with Gasteiger partial charge in [-0.1, -0.05) is 13.8 Å². The van der Waals surface area contributed by atoms with Gasteiger partial charge in [-0.2, -0.15) is 5.26 Å². The molecule has 0 atom stereocenters. The average molecular weight is 246 g/mol. The van der Waals surface area contributed by atoms with E-state index in [0.29, 0.717) is 11.3 Å². The number of rotatable bonds is 7. The minimum absolute atomic E-state index is 0.609. The van der Waals surface area contributed by atoms with Crippen LogP contribution in [-0.4, -0.2) is 31.1 Å². The molecule has 0 bridgehead atoms. The van der Waals surface area contributed by atoms with E-state index in [4.69, 9.17) is 11.0 Å². The van der Waals surface area contributed by atoms with Gasteiger partial charge in [0.1, 0.15) is 6.07 Å². The molecule has 0 saturated carbocycles. The lowest BCUT2D eigenvalue weighted by Gasteiger charge is -2.18. The Bertz CT molecular complexity index is 405. The second-order valence-corrected chi connectivity index (χ2v) is 4.22. The number of nitrogens with two attached hydrogens (primary N) is 1. The van der Waals surface area contributed by atoms with E-state index in [9.17, 15) is 0 Å². The SMILES string of the molecule is CCN(CC)CCCNc1ccc(N)cc1C#N. The molecule has 0 saturated heterocycles. The van der Waals surface area contributed by atoms with Crippen molar-refractivity contribution in [3.05, 3.63) is 23.8 Å². The summed E-state index contributed by atoms with van der Waals surface area (Å²) < 4.78 is 0. The third-order valence-electron chi connectivity index (χ3n) is 3.03. The zero-order valence-electron chi connectivity index (χ0n) is 11.2. The molecule has 3 N–H and O–H groups in total. The zero-order chi connectivity index (χ0) is 13.4. The van der Waals surface area contributed by atoms with E-state index >= 15 is 0 Å². The van der Waals surface area contributed by atoms with Gasteiger partial charge in [0.15, 0.2) is 0 Å². The zero-order valence-corrected chi connectivity index (χ0v) is 11.2. The van der Waals surface area contributed by atoms with Crippen LogP contribution in [0.2, 0.25) is 0 Å². The van der Waals surface area contributed by atoms with Crippen molar-refractivity contribution in [3.8, 4) is 6.07 Å². The van der Waals surface area contributed by atoms with E-state index in [1.165, 1.54) is 0 Å². The molecule has 0 aliphatic heterocycles. The smallest absolute Gasteiger partial charge is 0.101 e. The second kappa shape index (κ2) is 7.57. The van der Waals surface area contributed by atoms with Crippen molar-refractivity contribution < 1.29 is 0 Å². The molecule has 18 heavy (non-hydrogen) atoms. The van der Waals surface area contributed by atoms with Crippen molar-refractivity contribution in [2.45, 2.75) is 20.3 Å². The standard InChI is InChI=1S/C14H22N4/c1-3-18(4-2)9-5-8-17-14-7-6-13(16)10-12(14)11-15/h6-7,10,17H,3-5,8-9,16H2,1-2H3. The summed E-state index contributed by atoms with van der Waals surface area (Å²) in [6, 6.07) is 7.54. The van der Waals surface area contributed by atoms with Crippen LogP contribution in [0.1, 0.15) is 25.8 Å². The van der Waals surface area contributed by atoms with Gasteiger partial charge in [-0.15, -0.1) is 0 Å². The van der Waals surface area contributed by atoms with Crippen molar-refractivity contribution in [2.24, 2.45) is 0 Å². The molecule has 0 unspecified atom stereocenters. The van der Waals surface area contributed by atoms with Gasteiger partial charge >= 0.3 is 0 Å². The molecule has 0 radical (unpaired) electrons. The molecular formula is C14H22N4. The van der Waals surface area contributed by atoms with Gasteiger partial charge in [0.2, 0.25) is 0 Å². The van der Waals surface area contributed by atoms with E-state index in [1.807, 2.05) is 12.1 Å². The first-order valence-electron chi connectivity index (χ1n) is 6.47. The third-order valence-corrected chi connectivity index (χ3v) is 3.03. The quantitative estimate of drug-likeness (QED) is 0.572. The molecule has 0 spiro atoms. The summed E-state index contributed by atoms with van der Waals surface area (Å²) in [5, 5.41) is 12.3. The van der Waals surface area contributed by atoms with E-state index < -0.39 is 0 Å². The first kappa shape index (κ1) is 14.3. The van der Waals surface area contributed by atoms with Gasteiger partial charge in [0.05, 0.1) is 11.3 Å². The van der Waals surface area contributed by atoms with Gasteiger partial charge in [0.25, 0.3) is 0 Å². The minimum atomic E-state index is 0.609. The number of nitrogen functional groups attached to an aromatic ring is 1. The summed E-state index contributed by atoms with van der Waals surface area (Å²) in [5.74, 6) is 0. The Morgan fingerprint density at radius 3 is 2.67 bits per heavy atom. The van der Waals surface area contributed by atoms with Crippen molar-refractivity contribution >= 4 is 11.4 Å². The van der Waals surface area contributed by atoms with Gasteiger partial charge < -0.3 is 16.0 Å². The maximum atomic E-state index is 9.01. The molecule has 0 fully saturated rings. The highest BCUT2D eigenvalue weighted by molar-refractivity contribution is 5.62. The van der Waals surface area contributed by atoms with Gasteiger partial charge in [-0.3, -0.25) is 0 Å². The molecular weight excluding hydrogens is 224 g/mol. The Labute approximate surface area is 109 Å². The molecule has 1 rings (SSSR count). The van der Waals surface area contributed by atoms with Gasteiger partial charge in [-0.25, -0.2) is 0 Å². The second-order valence-electron chi connectivity index (χ2n) is 4.22. The maximum Gasteiger partial charge on any atom is 0.101 e. The Morgan fingerprint density at radius 2 is 2.06 bits per heavy atom. The molecule has 4 heteroatoms. The highest BCUT2D eigenvalue weighted by Crippen LogP contribution is 2.17. The summed E-state index contributed by atoms with van der Waals surface area (Å²) in [7, 11) is 0. The Hall–Kier alpha value is -1.73. The molecule has 98 valence electrons. The fourth-order valence-electron chi connectivity index (χ4n) is 1.87. The average Bonchev–Trinajstić information content (AvgIpc) is 2.40. The summed E-state index contributed by atoms with van der Waals surface area (Å²) in [5.41, 5.74) is 7.75. The van der Waals surface area contributed by atoms with Crippen LogP contribution in [-0.2, 0) is 0 Å². The van der Waals surface area contributed by atoms with Crippen molar-refractivity contribution in [3.63, 3.8) is 0 Å². The predicted octanol–water partition coefficient (Wildman–Crippen LogP) is 2.28. The lowest BCUT2D eigenvalue weighted by atomic mass is 10.1. The maximum absolute atomic E-state index is 9.01. The Morgan fingerprint density at radius 1 is 1.33 bits per heavy atom. The van der Waals surface area contributed by atoms with Crippen LogP contribution in [0.15, 0.2) is 18.2 Å². The highest BCUT2D eigenvalue weighted by Gasteiger charge is 2.02. The topological polar surface area (TPSA) is 65.1 Å². The van der Waals surface area contributed by atoms with Crippen LogP contribution in [0.25, 0.3) is 0 Å². The fraction of sp³-hybridized carbons (Fsp3) is 0.500. The van der Waals surface area contributed by atoms with Crippen LogP contribution in [0.3, 0.4) is 0 Å². The fourth-order valence-corrected chi connectivity index (χ4v) is 1.87. The molecule has 1 aromatic rings. The predicted molar refractivity (Wildman–Crippen MR) is 76.5 cm³/mol. The number of nitrogens with one attached hydrogen (secondary N) is 1. The summed E-state index contributed by atoms with van der Waals surface area (Å²) in [4.78, 5) is 2.38. The first-order chi connectivity index (χ1) is 8.71. The molecule has 0 amide bonds. The number of nitriles is 1. The van der Waals surface area contributed by atoms with Gasteiger partial charge in [-0.05, 0) is 44.3 Å². The first-order valence-corrected chi connectivity index (χ1v) is 6.47. The number of hydrogen-bond acceptors (Lipinski definition) is 4. The van der Waals surface area contributed by atoms with Crippen LogP contribution >= 0.6 is 0 Å². The number of nitrogens with zero attached hydrogens (tertiary/aromatic N) is 2. The molecule has 1 aromatic carbocycles. The number of benzene rings is 1. The monoisotopic (exact) mass is 246 g/mol. The van der Waals surface area contributed by atoms with Crippen LogP contribution in [0.5, 0.6) is 0 Å². The van der Waals surface area contributed by atoms with E-state index in [-0.39, 0.29) is 0 Å². The minimum Gasteiger partial charge on any atom is -0.399 e. The van der Waals surface area contributed by atoms with Crippen molar-refractivity contribution in [1.82, 2.24) is 4.90 Å². The Kier molecular flexibility index (Phi) is 6.03. The molecule has 0 aliphatic rings. The normalized spacial score (nSPS) is 10.3. The van der Waals surface area contributed by atoms with Gasteiger partial charge in [0, 0.05) is 12.2 Å². The van der Waals surface area contributed by atoms with Crippen LogP contribution < -0.4 is 11.1 Å². The largest absolute Gasteiger partial charge is 0.399 e. The third kappa shape index (κ3) is 4.27. The van der Waals surface area contributed by atoms with Crippen molar-refractivity contribution in [2.75, 3.05) is 37.2 Å².